The van der Waals surface area contributed by atoms with Crippen LogP contribution in [0, 0.1) is 0 Å². The summed E-state index contributed by atoms with van der Waals surface area (Å²) < 4.78 is 26.6. The number of imidazole rings is 1. The Bertz CT molecular complexity index is 716. The van der Waals surface area contributed by atoms with Crippen LogP contribution in [0.5, 0.6) is 0 Å². The molecular formula is C20H30F2N6. The Balaban J connectivity index is 1.82. The standard InChI is InChI=1S/C20H30F2N6/c1-4-23-20(26-14-18-24-12-13-28(18)19(21)22)25-11-10-16(2)27(3)15-17-8-6-5-7-9-17/h5-9,12-13,16,19H,4,10-11,14-15H2,1-3H3,(H2,23,25,26). The smallest absolute Gasteiger partial charge is 0.319 e. The summed E-state index contributed by atoms with van der Waals surface area (Å²) in [7, 11) is 2.11. The summed E-state index contributed by atoms with van der Waals surface area (Å²) in [5, 5.41) is 6.41. The van der Waals surface area contributed by atoms with Crippen molar-refractivity contribution in [3.63, 3.8) is 0 Å². The van der Waals surface area contributed by atoms with E-state index in [4.69, 9.17) is 0 Å². The van der Waals surface area contributed by atoms with Gasteiger partial charge in [0.05, 0.1) is 0 Å². The van der Waals surface area contributed by atoms with Crippen molar-refractivity contribution < 1.29 is 8.78 Å². The van der Waals surface area contributed by atoms with E-state index >= 15 is 0 Å². The number of hydrogen-bond acceptors (Lipinski definition) is 3. The van der Waals surface area contributed by atoms with E-state index in [-0.39, 0.29) is 12.4 Å². The average molecular weight is 392 g/mol. The number of nitrogens with zero attached hydrogens (tertiary/aromatic N) is 4. The van der Waals surface area contributed by atoms with Gasteiger partial charge in [-0.15, -0.1) is 0 Å². The topological polar surface area (TPSA) is 57.5 Å². The maximum Gasteiger partial charge on any atom is 0.319 e. The Kier molecular flexibility index (Phi) is 8.87. The van der Waals surface area contributed by atoms with Gasteiger partial charge in [0.2, 0.25) is 0 Å². The second-order valence-electron chi connectivity index (χ2n) is 6.69. The first-order chi connectivity index (χ1) is 13.5. The molecule has 154 valence electrons. The zero-order valence-corrected chi connectivity index (χ0v) is 16.8. The summed E-state index contributed by atoms with van der Waals surface area (Å²) in [4.78, 5) is 10.6. The van der Waals surface area contributed by atoms with Gasteiger partial charge in [0, 0.05) is 38.1 Å². The van der Waals surface area contributed by atoms with Gasteiger partial charge in [0.1, 0.15) is 12.4 Å². The highest BCUT2D eigenvalue weighted by Crippen LogP contribution is 2.13. The fourth-order valence-electron chi connectivity index (χ4n) is 2.78. The van der Waals surface area contributed by atoms with Crippen LogP contribution < -0.4 is 10.6 Å². The third-order valence-electron chi connectivity index (χ3n) is 4.56. The predicted molar refractivity (Wildman–Crippen MR) is 108 cm³/mol. The molecule has 1 atom stereocenters. The summed E-state index contributed by atoms with van der Waals surface area (Å²) in [6, 6.07) is 10.8. The van der Waals surface area contributed by atoms with Crippen molar-refractivity contribution >= 4 is 5.96 Å². The number of rotatable bonds is 10. The molecule has 2 aromatic rings. The van der Waals surface area contributed by atoms with Crippen LogP contribution in [0.4, 0.5) is 8.78 Å². The van der Waals surface area contributed by atoms with E-state index in [9.17, 15) is 8.78 Å². The van der Waals surface area contributed by atoms with Gasteiger partial charge in [-0.25, -0.2) is 9.98 Å². The minimum Gasteiger partial charge on any atom is -0.357 e. The first-order valence-corrected chi connectivity index (χ1v) is 9.57. The molecule has 6 nitrogen and oxygen atoms in total. The quantitative estimate of drug-likeness (QED) is 0.481. The van der Waals surface area contributed by atoms with E-state index in [1.807, 2.05) is 25.1 Å². The third kappa shape index (κ3) is 6.92. The first-order valence-electron chi connectivity index (χ1n) is 9.57. The fraction of sp³-hybridized carbons (Fsp3) is 0.500. The summed E-state index contributed by atoms with van der Waals surface area (Å²) in [6.07, 6.45) is 3.56. The van der Waals surface area contributed by atoms with Crippen molar-refractivity contribution in [2.75, 3.05) is 20.1 Å². The highest BCUT2D eigenvalue weighted by Gasteiger charge is 2.12. The number of nitrogens with one attached hydrogen (secondary N) is 2. The van der Waals surface area contributed by atoms with E-state index in [2.05, 4.69) is 51.6 Å². The molecule has 0 aliphatic carbocycles. The maximum absolute atomic E-state index is 12.9. The summed E-state index contributed by atoms with van der Waals surface area (Å²) in [6.45, 7) is 3.96. The highest BCUT2D eigenvalue weighted by molar-refractivity contribution is 5.79. The van der Waals surface area contributed by atoms with Crippen molar-refractivity contribution in [3.05, 3.63) is 54.1 Å². The Labute approximate surface area is 165 Å². The zero-order valence-electron chi connectivity index (χ0n) is 16.8. The Morgan fingerprint density at radius 1 is 1.25 bits per heavy atom. The molecule has 0 amide bonds. The number of benzene rings is 1. The summed E-state index contributed by atoms with van der Waals surface area (Å²) in [5.74, 6) is 0.840. The van der Waals surface area contributed by atoms with Crippen LogP contribution in [0.3, 0.4) is 0 Å². The van der Waals surface area contributed by atoms with Gasteiger partial charge in [-0.2, -0.15) is 8.78 Å². The SMILES string of the molecule is CCNC(=NCc1nccn1C(F)F)NCCC(C)N(C)Cc1ccccc1. The molecule has 0 saturated carbocycles. The molecule has 0 aliphatic rings. The second-order valence-corrected chi connectivity index (χ2v) is 6.69. The van der Waals surface area contributed by atoms with Gasteiger partial charge in [-0.1, -0.05) is 30.3 Å². The number of alkyl halides is 2. The van der Waals surface area contributed by atoms with Crippen LogP contribution in [0.25, 0.3) is 0 Å². The molecular weight excluding hydrogens is 362 g/mol. The van der Waals surface area contributed by atoms with Gasteiger partial charge in [0.25, 0.3) is 0 Å². The average Bonchev–Trinajstić information content (AvgIpc) is 3.15. The van der Waals surface area contributed by atoms with Gasteiger partial charge in [-0.05, 0) is 32.9 Å². The lowest BCUT2D eigenvalue weighted by molar-refractivity contribution is 0.0671. The maximum atomic E-state index is 12.9. The molecule has 1 aromatic heterocycles. The summed E-state index contributed by atoms with van der Waals surface area (Å²) in [5.41, 5.74) is 1.29. The lowest BCUT2D eigenvalue weighted by Gasteiger charge is -2.25. The van der Waals surface area contributed by atoms with Crippen LogP contribution in [0.2, 0.25) is 0 Å². The molecule has 0 spiro atoms. The number of hydrogen-bond donors (Lipinski definition) is 2. The van der Waals surface area contributed by atoms with Crippen LogP contribution in [0.1, 0.15) is 38.2 Å². The molecule has 0 fully saturated rings. The van der Waals surface area contributed by atoms with Crippen LogP contribution >= 0.6 is 0 Å². The number of guanidine groups is 1. The van der Waals surface area contributed by atoms with Crippen molar-refractivity contribution in [3.8, 4) is 0 Å². The minimum atomic E-state index is -2.61. The first kappa shape index (κ1) is 21.8. The number of aliphatic imine (C=N–C) groups is 1. The van der Waals surface area contributed by atoms with Gasteiger partial charge in [-0.3, -0.25) is 9.47 Å². The molecule has 1 unspecified atom stereocenters. The predicted octanol–water partition coefficient (Wildman–Crippen LogP) is 3.24. The molecule has 0 bridgehead atoms. The Morgan fingerprint density at radius 2 is 2.00 bits per heavy atom. The van der Waals surface area contributed by atoms with Crippen LogP contribution in [-0.2, 0) is 13.1 Å². The fourth-order valence-corrected chi connectivity index (χ4v) is 2.78. The van der Waals surface area contributed by atoms with E-state index in [1.54, 1.807) is 0 Å². The van der Waals surface area contributed by atoms with Crippen molar-refractivity contribution in [2.45, 2.75) is 45.9 Å². The van der Waals surface area contributed by atoms with Crippen LogP contribution in [-0.4, -0.2) is 46.6 Å². The van der Waals surface area contributed by atoms with Gasteiger partial charge in [0.15, 0.2) is 5.96 Å². The van der Waals surface area contributed by atoms with Gasteiger partial charge < -0.3 is 10.6 Å². The normalized spacial score (nSPS) is 13.2. The van der Waals surface area contributed by atoms with Crippen molar-refractivity contribution in [2.24, 2.45) is 4.99 Å². The third-order valence-corrected chi connectivity index (χ3v) is 4.56. The Morgan fingerprint density at radius 3 is 2.68 bits per heavy atom. The largest absolute Gasteiger partial charge is 0.357 e. The lowest BCUT2D eigenvalue weighted by atomic mass is 10.1. The van der Waals surface area contributed by atoms with E-state index < -0.39 is 6.55 Å². The highest BCUT2D eigenvalue weighted by atomic mass is 19.3. The Hall–Kier alpha value is -2.48. The zero-order chi connectivity index (χ0) is 20.4. The lowest BCUT2D eigenvalue weighted by Crippen LogP contribution is -2.40. The van der Waals surface area contributed by atoms with E-state index in [0.717, 1.165) is 24.1 Å². The minimum absolute atomic E-state index is 0.0934. The molecule has 0 aliphatic heterocycles. The van der Waals surface area contributed by atoms with E-state index in [1.165, 1.54) is 18.0 Å². The molecule has 1 heterocycles. The molecule has 0 saturated heterocycles. The number of halogens is 2. The molecule has 8 heteroatoms. The summed E-state index contributed by atoms with van der Waals surface area (Å²) >= 11 is 0. The number of aromatic nitrogens is 2. The van der Waals surface area contributed by atoms with Crippen molar-refractivity contribution in [1.29, 1.82) is 0 Å². The second kappa shape index (κ2) is 11.4. The molecule has 28 heavy (non-hydrogen) atoms. The van der Waals surface area contributed by atoms with Crippen LogP contribution in [0.15, 0.2) is 47.7 Å². The monoisotopic (exact) mass is 392 g/mol. The molecule has 2 N–H and O–H groups in total. The molecule has 2 rings (SSSR count). The molecule has 0 radical (unpaired) electrons. The van der Waals surface area contributed by atoms with Gasteiger partial charge >= 0.3 is 6.55 Å². The molecule has 1 aromatic carbocycles. The van der Waals surface area contributed by atoms with E-state index in [0.29, 0.717) is 18.5 Å². The van der Waals surface area contributed by atoms with Crippen molar-refractivity contribution in [1.82, 2.24) is 25.1 Å².